The minimum absolute atomic E-state index is 0.00305. The van der Waals surface area contributed by atoms with Crippen LogP contribution in [0.4, 0.5) is 27.6 Å². The van der Waals surface area contributed by atoms with E-state index in [1.54, 1.807) is 0 Å². The maximum Gasteiger partial charge on any atom is 0.432 e. The molecule has 0 N–H and O–H groups in total. The van der Waals surface area contributed by atoms with Crippen molar-refractivity contribution in [3.63, 3.8) is 0 Å². The van der Waals surface area contributed by atoms with Crippen LogP contribution in [0.25, 0.3) is 5.57 Å². The Kier molecular flexibility index (Phi) is 6.38. The van der Waals surface area contributed by atoms with Gasteiger partial charge in [0.1, 0.15) is 11.4 Å². The molecule has 0 spiro atoms. The molecule has 8 heteroatoms. The predicted octanol–water partition coefficient (Wildman–Crippen LogP) is 5.46. The second kappa shape index (κ2) is 8.19. The number of nitrogens with zero attached hydrogens (tertiary/aromatic N) is 3. The van der Waals surface area contributed by atoms with Gasteiger partial charge >= 0.3 is 6.18 Å². The van der Waals surface area contributed by atoms with Crippen molar-refractivity contribution in [2.24, 2.45) is 10.9 Å². The molecular formula is C19H22F5N3. The fourth-order valence-electron chi connectivity index (χ4n) is 2.91. The summed E-state index contributed by atoms with van der Waals surface area (Å²) in [6.07, 6.45) is -4.72. The molecule has 1 saturated heterocycles. The average Bonchev–Trinajstić information content (AvgIpc) is 3.32. The van der Waals surface area contributed by atoms with Crippen molar-refractivity contribution < 1.29 is 22.0 Å². The van der Waals surface area contributed by atoms with Crippen LogP contribution in [0.15, 0.2) is 35.9 Å². The first-order chi connectivity index (χ1) is 12.6. The number of alkyl halides is 5. The SMILES string of the molecule is C=C/C(=C\C(=NC)C(F)(F)F)c1ccc(N2CC2CC(C)C)c(C(F)F)n1. The summed E-state index contributed by atoms with van der Waals surface area (Å²) in [7, 11) is 1.01. The van der Waals surface area contributed by atoms with Gasteiger partial charge in [-0.1, -0.05) is 26.5 Å². The normalized spacial score (nSPS) is 18.4. The van der Waals surface area contributed by atoms with Crippen LogP contribution >= 0.6 is 0 Å². The first-order valence-corrected chi connectivity index (χ1v) is 8.52. The van der Waals surface area contributed by atoms with Crippen molar-refractivity contribution in [1.29, 1.82) is 0 Å². The Balaban J connectivity index is 2.39. The van der Waals surface area contributed by atoms with Crippen LogP contribution < -0.4 is 4.90 Å². The highest BCUT2D eigenvalue weighted by Gasteiger charge is 2.38. The van der Waals surface area contributed by atoms with Gasteiger partial charge in [-0.25, -0.2) is 13.8 Å². The lowest BCUT2D eigenvalue weighted by atomic mass is 10.1. The molecule has 0 saturated carbocycles. The van der Waals surface area contributed by atoms with E-state index in [9.17, 15) is 22.0 Å². The Morgan fingerprint density at radius 2 is 2.04 bits per heavy atom. The van der Waals surface area contributed by atoms with Crippen molar-refractivity contribution in [1.82, 2.24) is 4.98 Å². The number of halogens is 5. The zero-order chi connectivity index (χ0) is 20.4. The Morgan fingerprint density at radius 3 is 2.52 bits per heavy atom. The van der Waals surface area contributed by atoms with Crippen molar-refractivity contribution in [2.75, 3.05) is 18.5 Å². The Bertz CT molecular complexity index is 750. The summed E-state index contributed by atoms with van der Waals surface area (Å²) in [6.45, 7) is 8.25. The Labute approximate surface area is 155 Å². The first-order valence-electron chi connectivity index (χ1n) is 8.52. The zero-order valence-corrected chi connectivity index (χ0v) is 15.4. The Morgan fingerprint density at radius 1 is 1.37 bits per heavy atom. The molecule has 1 atom stereocenters. The highest BCUT2D eigenvalue weighted by atomic mass is 19.4. The van der Waals surface area contributed by atoms with Crippen molar-refractivity contribution in [3.05, 3.63) is 42.3 Å². The van der Waals surface area contributed by atoms with Gasteiger partial charge in [-0.15, -0.1) is 0 Å². The van der Waals surface area contributed by atoms with E-state index in [1.165, 1.54) is 12.1 Å². The number of pyridine rings is 1. The van der Waals surface area contributed by atoms with Crippen LogP contribution in [0.3, 0.4) is 0 Å². The van der Waals surface area contributed by atoms with Crippen LogP contribution in [0.1, 0.15) is 38.1 Å². The molecule has 0 bridgehead atoms. The van der Waals surface area contributed by atoms with Gasteiger partial charge in [-0.3, -0.25) is 4.99 Å². The van der Waals surface area contributed by atoms with Gasteiger partial charge in [0.15, 0.2) is 0 Å². The number of aliphatic imine (C=N–C) groups is 1. The van der Waals surface area contributed by atoms with Gasteiger partial charge < -0.3 is 4.90 Å². The third-order valence-electron chi connectivity index (χ3n) is 4.22. The fourth-order valence-corrected chi connectivity index (χ4v) is 2.91. The monoisotopic (exact) mass is 387 g/mol. The molecule has 1 aliphatic heterocycles. The molecule has 1 aromatic rings. The highest BCUT2D eigenvalue weighted by Crippen LogP contribution is 2.38. The summed E-state index contributed by atoms with van der Waals surface area (Å²) in [5.74, 6) is 0.437. The minimum Gasteiger partial charge on any atom is -0.363 e. The molecule has 1 aromatic heterocycles. The highest BCUT2D eigenvalue weighted by molar-refractivity contribution is 6.05. The van der Waals surface area contributed by atoms with Gasteiger partial charge in [-0.05, 0) is 30.5 Å². The van der Waals surface area contributed by atoms with Gasteiger partial charge in [0.2, 0.25) is 0 Å². The summed E-state index contributed by atoms with van der Waals surface area (Å²) in [5, 5.41) is 0. The Hall–Kier alpha value is -2.25. The maximum atomic E-state index is 13.5. The smallest absolute Gasteiger partial charge is 0.363 e. The van der Waals surface area contributed by atoms with E-state index < -0.39 is 24.0 Å². The van der Waals surface area contributed by atoms with Crippen LogP contribution in [-0.4, -0.2) is 36.5 Å². The molecule has 0 aromatic carbocycles. The van der Waals surface area contributed by atoms with Gasteiger partial charge in [0, 0.05) is 25.2 Å². The van der Waals surface area contributed by atoms with Crippen LogP contribution in [0, 0.1) is 5.92 Å². The molecule has 2 rings (SSSR count). The van der Waals surface area contributed by atoms with E-state index in [2.05, 4.69) is 30.4 Å². The maximum absolute atomic E-state index is 13.5. The molecular weight excluding hydrogens is 365 g/mol. The summed E-state index contributed by atoms with van der Waals surface area (Å²) in [4.78, 5) is 8.98. The largest absolute Gasteiger partial charge is 0.432 e. The lowest BCUT2D eigenvalue weighted by Gasteiger charge is -2.14. The molecule has 1 fully saturated rings. The second-order valence-corrected chi connectivity index (χ2v) is 6.75. The molecule has 3 nitrogen and oxygen atoms in total. The number of hydrogen-bond acceptors (Lipinski definition) is 3. The predicted molar refractivity (Wildman–Crippen MR) is 97.4 cm³/mol. The lowest BCUT2D eigenvalue weighted by Crippen LogP contribution is -2.21. The third-order valence-corrected chi connectivity index (χ3v) is 4.22. The van der Waals surface area contributed by atoms with Crippen LogP contribution in [0.2, 0.25) is 0 Å². The summed E-state index contributed by atoms with van der Waals surface area (Å²) < 4.78 is 65.8. The van der Waals surface area contributed by atoms with Crippen molar-refractivity contribution in [2.45, 2.75) is 38.9 Å². The van der Waals surface area contributed by atoms with Gasteiger partial charge in [-0.2, -0.15) is 13.2 Å². The molecule has 0 aliphatic carbocycles. The standard InChI is InChI=1S/C19H22F5N3/c1-5-12(9-16(25-4)19(22,23)24)14-6-7-15(17(26-14)18(20)21)27-10-13(27)8-11(2)3/h5-7,9,11,13,18H,1,8,10H2,2-4H3/b12-9+,25-16?. The average molecular weight is 387 g/mol. The summed E-state index contributed by atoms with van der Waals surface area (Å²) in [5.41, 5.74) is -1.27. The van der Waals surface area contributed by atoms with E-state index >= 15 is 0 Å². The zero-order valence-electron chi connectivity index (χ0n) is 15.4. The minimum atomic E-state index is -4.65. The molecule has 1 unspecified atom stereocenters. The van der Waals surface area contributed by atoms with Crippen LogP contribution in [0.5, 0.6) is 0 Å². The second-order valence-electron chi connectivity index (χ2n) is 6.75. The van der Waals surface area contributed by atoms with Crippen molar-refractivity contribution in [3.8, 4) is 0 Å². The van der Waals surface area contributed by atoms with Crippen LogP contribution in [-0.2, 0) is 0 Å². The van der Waals surface area contributed by atoms with E-state index in [1.807, 2.05) is 4.90 Å². The fraction of sp³-hybridized carbons (Fsp3) is 0.474. The summed E-state index contributed by atoms with van der Waals surface area (Å²) in [6, 6.07) is 3.11. The molecule has 148 valence electrons. The number of aromatic nitrogens is 1. The molecule has 2 heterocycles. The molecule has 0 radical (unpaired) electrons. The molecule has 27 heavy (non-hydrogen) atoms. The molecule has 0 amide bonds. The summed E-state index contributed by atoms with van der Waals surface area (Å²) >= 11 is 0. The van der Waals surface area contributed by atoms with Crippen molar-refractivity contribution >= 4 is 17.0 Å². The number of allylic oxidation sites excluding steroid dienone is 3. The number of hydrogen-bond donors (Lipinski definition) is 0. The topological polar surface area (TPSA) is 28.3 Å². The van der Waals surface area contributed by atoms with E-state index in [-0.39, 0.29) is 17.3 Å². The number of rotatable bonds is 7. The van der Waals surface area contributed by atoms with Gasteiger partial charge in [0.05, 0.1) is 11.4 Å². The van der Waals surface area contributed by atoms with E-state index in [0.717, 1.165) is 25.6 Å². The lowest BCUT2D eigenvalue weighted by molar-refractivity contribution is -0.0577. The quantitative estimate of drug-likeness (QED) is 0.269. The van der Waals surface area contributed by atoms with E-state index in [0.29, 0.717) is 18.2 Å². The molecule has 1 aliphatic rings. The van der Waals surface area contributed by atoms with Gasteiger partial charge in [0.25, 0.3) is 6.43 Å². The third kappa shape index (κ3) is 5.14. The first kappa shape index (κ1) is 21.1. The van der Waals surface area contributed by atoms with E-state index in [4.69, 9.17) is 0 Å². The number of anilines is 1.